The van der Waals surface area contributed by atoms with Crippen molar-refractivity contribution in [2.45, 2.75) is 6.61 Å². The van der Waals surface area contributed by atoms with Crippen LogP contribution in [0.5, 0.6) is 0 Å². The van der Waals surface area contributed by atoms with Crippen molar-refractivity contribution in [3.05, 3.63) is 20.3 Å². The largest absolute Gasteiger partial charge is 0.368 e. The number of hydrogen-bond acceptors (Lipinski definition) is 3. The number of rotatable bonds is 0. The SMILES string of the molecule is O=C1COCc2sc(Br)cc21. The first-order valence-corrected chi connectivity index (χ1v) is 4.77. The third-order valence-corrected chi connectivity index (χ3v) is 3.16. The van der Waals surface area contributed by atoms with Gasteiger partial charge in [0.05, 0.1) is 10.4 Å². The minimum atomic E-state index is 0.0909. The molecule has 0 radical (unpaired) electrons. The number of carbonyl (C=O) groups excluding carboxylic acids is 1. The van der Waals surface area contributed by atoms with Gasteiger partial charge in [-0.15, -0.1) is 11.3 Å². The molecule has 0 unspecified atom stereocenters. The van der Waals surface area contributed by atoms with E-state index >= 15 is 0 Å². The molecule has 0 amide bonds. The second-order valence-electron chi connectivity index (χ2n) is 2.30. The van der Waals surface area contributed by atoms with Gasteiger partial charge in [0.15, 0.2) is 5.78 Å². The molecule has 4 heteroatoms. The summed E-state index contributed by atoms with van der Waals surface area (Å²) < 4.78 is 6.06. The maximum atomic E-state index is 11.2. The standard InChI is InChI=1S/C7H5BrO2S/c8-7-1-4-5(9)2-10-3-6(4)11-7/h1H,2-3H2. The Hall–Kier alpha value is -0.190. The Morgan fingerprint density at radius 1 is 1.55 bits per heavy atom. The van der Waals surface area contributed by atoms with Crippen LogP contribution in [0.15, 0.2) is 9.85 Å². The van der Waals surface area contributed by atoms with Crippen LogP contribution in [-0.2, 0) is 11.3 Å². The summed E-state index contributed by atoms with van der Waals surface area (Å²) >= 11 is 4.90. The molecule has 0 spiro atoms. The van der Waals surface area contributed by atoms with Crippen LogP contribution in [0.1, 0.15) is 15.2 Å². The summed E-state index contributed by atoms with van der Waals surface area (Å²) in [5, 5.41) is 0. The van der Waals surface area contributed by atoms with Gasteiger partial charge in [0, 0.05) is 10.4 Å². The third-order valence-electron chi connectivity index (χ3n) is 1.55. The van der Waals surface area contributed by atoms with Gasteiger partial charge in [-0.05, 0) is 22.0 Å². The van der Waals surface area contributed by atoms with Crippen molar-refractivity contribution in [1.29, 1.82) is 0 Å². The molecule has 2 heterocycles. The summed E-state index contributed by atoms with van der Waals surface area (Å²) in [6.45, 7) is 0.813. The summed E-state index contributed by atoms with van der Waals surface area (Å²) in [5.41, 5.74) is 0.827. The summed E-state index contributed by atoms with van der Waals surface area (Å²) in [7, 11) is 0. The fourth-order valence-corrected chi connectivity index (χ4v) is 2.71. The highest BCUT2D eigenvalue weighted by Gasteiger charge is 2.19. The average Bonchev–Trinajstić information content (AvgIpc) is 2.31. The van der Waals surface area contributed by atoms with Crippen molar-refractivity contribution in [3.63, 3.8) is 0 Å². The van der Waals surface area contributed by atoms with Crippen LogP contribution < -0.4 is 0 Å². The van der Waals surface area contributed by atoms with E-state index in [0.29, 0.717) is 6.61 Å². The zero-order chi connectivity index (χ0) is 7.84. The quantitative estimate of drug-likeness (QED) is 0.686. The molecular formula is C7H5BrO2S. The van der Waals surface area contributed by atoms with E-state index < -0.39 is 0 Å². The lowest BCUT2D eigenvalue weighted by Gasteiger charge is -2.09. The molecule has 0 bridgehead atoms. The maximum Gasteiger partial charge on any atom is 0.189 e. The number of fused-ring (bicyclic) bond motifs is 1. The molecule has 2 nitrogen and oxygen atoms in total. The average molecular weight is 233 g/mol. The molecule has 1 aliphatic rings. The predicted molar refractivity (Wildman–Crippen MR) is 46.0 cm³/mol. The molecule has 1 aliphatic heterocycles. The lowest BCUT2D eigenvalue weighted by Crippen LogP contribution is -2.15. The van der Waals surface area contributed by atoms with Gasteiger partial charge in [0.25, 0.3) is 0 Å². The van der Waals surface area contributed by atoms with Crippen molar-refractivity contribution in [2.75, 3.05) is 6.61 Å². The summed E-state index contributed by atoms with van der Waals surface area (Å²) in [6, 6.07) is 1.87. The summed E-state index contributed by atoms with van der Waals surface area (Å²) in [6.07, 6.45) is 0. The Balaban J connectivity index is 2.52. The number of ether oxygens (including phenoxy) is 1. The van der Waals surface area contributed by atoms with E-state index in [1.165, 1.54) is 0 Å². The van der Waals surface area contributed by atoms with Crippen LogP contribution in [0.2, 0.25) is 0 Å². The Morgan fingerprint density at radius 2 is 2.36 bits per heavy atom. The van der Waals surface area contributed by atoms with Gasteiger partial charge in [-0.25, -0.2) is 0 Å². The molecule has 0 atom stereocenters. The van der Waals surface area contributed by atoms with E-state index in [1.807, 2.05) is 6.07 Å². The van der Waals surface area contributed by atoms with Crippen LogP contribution in [0.25, 0.3) is 0 Å². The number of thiophene rings is 1. The fraction of sp³-hybridized carbons (Fsp3) is 0.286. The first kappa shape index (κ1) is 7.46. The summed E-state index contributed by atoms with van der Waals surface area (Å²) in [5.74, 6) is 0.0909. The Labute approximate surface area is 76.3 Å². The molecule has 11 heavy (non-hydrogen) atoms. The lowest BCUT2D eigenvalue weighted by molar-refractivity contribution is 0.0675. The number of carbonyl (C=O) groups is 1. The van der Waals surface area contributed by atoms with Gasteiger partial charge in [0.1, 0.15) is 6.61 Å². The molecule has 0 saturated carbocycles. The minimum Gasteiger partial charge on any atom is -0.368 e. The number of halogens is 1. The Bertz CT molecular complexity index is 305. The van der Waals surface area contributed by atoms with E-state index in [2.05, 4.69) is 15.9 Å². The molecule has 58 valence electrons. The molecule has 1 aromatic heterocycles. The molecule has 2 rings (SSSR count). The smallest absolute Gasteiger partial charge is 0.189 e. The Morgan fingerprint density at radius 3 is 3.09 bits per heavy atom. The van der Waals surface area contributed by atoms with Crippen LogP contribution in [0.3, 0.4) is 0 Å². The van der Waals surface area contributed by atoms with Crippen LogP contribution >= 0.6 is 27.3 Å². The van der Waals surface area contributed by atoms with E-state index in [-0.39, 0.29) is 12.4 Å². The van der Waals surface area contributed by atoms with Crippen LogP contribution in [-0.4, -0.2) is 12.4 Å². The Kier molecular flexibility index (Phi) is 1.83. The second kappa shape index (κ2) is 2.69. The molecular weight excluding hydrogens is 228 g/mol. The molecule has 0 fully saturated rings. The molecule has 1 aromatic rings. The van der Waals surface area contributed by atoms with Gasteiger partial charge in [0.2, 0.25) is 0 Å². The first-order chi connectivity index (χ1) is 5.27. The minimum absolute atomic E-state index is 0.0909. The van der Waals surface area contributed by atoms with E-state index in [4.69, 9.17) is 4.74 Å². The van der Waals surface area contributed by atoms with Crippen molar-refractivity contribution < 1.29 is 9.53 Å². The first-order valence-electron chi connectivity index (χ1n) is 3.16. The van der Waals surface area contributed by atoms with Gasteiger partial charge in [-0.2, -0.15) is 0 Å². The van der Waals surface area contributed by atoms with Gasteiger partial charge < -0.3 is 4.74 Å². The third kappa shape index (κ3) is 1.26. The monoisotopic (exact) mass is 232 g/mol. The zero-order valence-electron chi connectivity index (χ0n) is 5.59. The van der Waals surface area contributed by atoms with E-state index in [0.717, 1.165) is 14.2 Å². The van der Waals surface area contributed by atoms with Crippen LogP contribution in [0, 0.1) is 0 Å². The van der Waals surface area contributed by atoms with Crippen molar-refractivity contribution in [3.8, 4) is 0 Å². The van der Waals surface area contributed by atoms with E-state index in [9.17, 15) is 4.79 Å². The van der Waals surface area contributed by atoms with Gasteiger partial charge in [-0.1, -0.05) is 0 Å². The zero-order valence-corrected chi connectivity index (χ0v) is 8.00. The van der Waals surface area contributed by atoms with Gasteiger partial charge in [-0.3, -0.25) is 4.79 Å². The molecule has 0 saturated heterocycles. The molecule has 0 aromatic carbocycles. The topological polar surface area (TPSA) is 26.3 Å². The number of Topliss-reactive ketones (excluding diaryl/α,β-unsaturated/α-hetero) is 1. The second-order valence-corrected chi connectivity index (χ2v) is 4.82. The lowest BCUT2D eigenvalue weighted by atomic mass is 10.1. The summed E-state index contributed by atoms with van der Waals surface area (Å²) in [4.78, 5) is 12.2. The van der Waals surface area contributed by atoms with Gasteiger partial charge >= 0.3 is 0 Å². The molecule has 0 aliphatic carbocycles. The highest BCUT2D eigenvalue weighted by molar-refractivity contribution is 9.11. The van der Waals surface area contributed by atoms with Crippen LogP contribution in [0.4, 0.5) is 0 Å². The normalized spacial score (nSPS) is 16.6. The highest BCUT2D eigenvalue weighted by Crippen LogP contribution is 2.30. The predicted octanol–water partition coefficient (Wildman–Crippen LogP) is 2.22. The number of hydrogen-bond donors (Lipinski definition) is 0. The van der Waals surface area contributed by atoms with Crippen molar-refractivity contribution in [1.82, 2.24) is 0 Å². The van der Waals surface area contributed by atoms with E-state index in [1.54, 1.807) is 11.3 Å². The maximum absolute atomic E-state index is 11.2. The molecule has 0 N–H and O–H groups in total. The number of ketones is 1. The fourth-order valence-electron chi connectivity index (χ4n) is 1.05. The van der Waals surface area contributed by atoms with Crippen molar-refractivity contribution >= 4 is 33.0 Å². The van der Waals surface area contributed by atoms with Crippen molar-refractivity contribution in [2.24, 2.45) is 0 Å². The highest BCUT2D eigenvalue weighted by atomic mass is 79.9.